The summed E-state index contributed by atoms with van der Waals surface area (Å²) in [4.78, 5) is 10.9. The molecular weight excluding hydrogens is 289 g/mol. The van der Waals surface area contributed by atoms with E-state index in [4.69, 9.17) is 9.84 Å². The SMILES string of the molecule is Cc1ccc(F)cc1S(=O)(=O)N1CCOCC1C(=O)O. The number of carbonyl (C=O) groups is 1. The molecular formula is C12H14FNO5S. The summed E-state index contributed by atoms with van der Waals surface area (Å²) in [5.74, 6) is -1.98. The molecule has 1 saturated heterocycles. The van der Waals surface area contributed by atoms with Gasteiger partial charge in [0, 0.05) is 6.54 Å². The van der Waals surface area contributed by atoms with Gasteiger partial charge in [-0.25, -0.2) is 12.8 Å². The van der Waals surface area contributed by atoms with Crippen LogP contribution in [0.15, 0.2) is 23.1 Å². The third-order valence-electron chi connectivity index (χ3n) is 3.10. The van der Waals surface area contributed by atoms with Crippen LogP contribution in [0.2, 0.25) is 0 Å². The molecule has 0 aliphatic carbocycles. The minimum absolute atomic E-state index is 0.0742. The fourth-order valence-corrected chi connectivity index (χ4v) is 3.84. The van der Waals surface area contributed by atoms with Crippen molar-refractivity contribution in [3.8, 4) is 0 Å². The molecule has 1 aliphatic rings. The number of carboxylic acids is 1. The van der Waals surface area contributed by atoms with Crippen molar-refractivity contribution in [2.24, 2.45) is 0 Å². The smallest absolute Gasteiger partial charge is 0.324 e. The summed E-state index contributed by atoms with van der Waals surface area (Å²) < 4.78 is 44.2. The Bertz CT molecular complexity index is 631. The number of hydrogen-bond donors (Lipinski definition) is 1. The van der Waals surface area contributed by atoms with Crippen molar-refractivity contribution in [1.29, 1.82) is 0 Å². The maximum absolute atomic E-state index is 13.3. The summed E-state index contributed by atoms with van der Waals surface area (Å²) >= 11 is 0. The molecule has 0 aromatic heterocycles. The number of hydrogen-bond acceptors (Lipinski definition) is 4. The maximum atomic E-state index is 13.3. The van der Waals surface area contributed by atoms with Gasteiger partial charge in [0.25, 0.3) is 0 Å². The van der Waals surface area contributed by atoms with Crippen molar-refractivity contribution < 1.29 is 27.4 Å². The average Bonchev–Trinajstić information content (AvgIpc) is 2.41. The number of sulfonamides is 1. The van der Waals surface area contributed by atoms with Gasteiger partial charge < -0.3 is 9.84 Å². The molecule has 0 bridgehead atoms. The normalized spacial score (nSPS) is 20.8. The van der Waals surface area contributed by atoms with E-state index >= 15 is 0 Å². The van der Waals surface area contributed by atoms with Crippen LogP contribution in [0.5, 0.6) is 0 Å². The number of morpholine rings is 1. The summed E-state index contributed by atoms with van der Waals surface area (Å²) in [5.41, 5.74) is 0.363. The fourth-order valence-electron chi connectivity index (χ4n) is 2.05. The van der Waals surface area contributed by atoms with Crippen molar-refractivity contribution >= 4 is 16.0 Å². The Hall–Kier alpha value is -1.51. The van der Waals surface area contributed by atoms with Gasteiger partial charge in [0.2, 0.25) is 10.0 Å². The Morgan fingerprint density at radius 2 is 2.20 bits per heavy atom. The minimum Gasteiger partial charge on any atom is -0.480 e. The van der Waals surface area contributed by atoms with Gasteiger partial charge >= 0.3 is 5.97 Å². The van der Waals surface area contributed by atoms with Crippen LogP contribution in [-0.4, -0.2) is 49.6 Å². The highest BCUT2D eigenvalue weighted by molar-refractivity contribution is 7.89. The standard InChI is InChI=1S/C12H14FNO5S/c1-8-2-3-9(13)6-11(8)20(17,18)14-4-5-19-7-10(14)12(15)16/h2-3,6,10H,4-5,7H2,1H3,(H,15,16). The molecule has 0 radical (unpaired) electrons. The summed E-state index contributed by atoms with van der Waals surface area (Å²) in [5, 5.41) is 9.08. The molecule has 0 amide bonds. The summed E-state index contributed by atoms with van der Waals surface area (Å²) in [7, 11) is -4.08. The molecule has 20 heavy (non-hydrogen) atoms. The lowest BCUT2D eigenvalue weighted by molar-refractivity contribution is -0.146. The molecule has 1 aromatic rings. The zero-order chi connectivity index (χ0) is 14.9. The molecule has 0 saturated carbocycles. The van der Waals surface area contributed by atoms with Gasteiger partial charge in [-0.3, -0.25) is 4.79 Å². The number of rotatable bonds is 3. The number of halogens is 1. The first-order chi connectivity index (χ1) is 9.34. The van der Waals surface area contributed by atoms with E-state index < -0.39 is 27.9 Å². The Kier molecular flexibility index (Phi) is 4.07. The van der Waals surface area contributed by atoms with Gasteiger partial charge in [0.05, 0.1) is 18.1 Å². The van der Waals surface area contributed by atoms with E-state index in [0.29, 0.717) is 5.56 Å². The lowest BCUT2D eigenvalue weighted by Gasteiger charge is -2.32. The maximum Gasteiger partial charge on any atom is 0.324 e. The van der Waals surface area contributed by atoms with E-state index in [1.807, 2.05) is 0 Å². The van der Waals surface area contributed by atoms with Crippen LogP contribution in [-0.2, 0) is 19.6 Å². The van der Waals surface area contributed by atoms with Crippen LogP contribution in [0.3, 0.4) is 0 Å². The lowest BCUT2D eigenvalue weighted by Crippen LogP contribution is -2.52. The first-order valence-electron chi connectivity index (χ1n) is 5.92. The van der Waals surface area contributed by atoms with Gasteiger partial charge in [-0.2, -0.15) is 4.31 Å². The molecule has 1 aliphatic heterocycles. The van der Waals surface area contributed by atoms with Crippen LogP contribution >= 0.6 is 0 Å². The van der Waals surface area contributed by atoms with Gasteiger partial charge in [0.15, 0.2) is 0 Å². The summed E-state index contributed by atoms with van der Waals surface area (Å²) in [6.45, 7) is 1.35. The van der Waals surface area contributed by atoms with E-state index in [0.717, 1.165) is 16.4 Å². The van der Waals surface area contributed by atoms with Crippen molar-refractivity contribution in [2.45, 2.75) is 17.9 Å². The van der Waals surface area contributed by atoms with Crippen LogP contribution in [0, 0.1) is 12.7 Å². The van der Waals surface area contributed by atoms with E-state index in [1.165, 1.54) is 13.0 Å². The Morgan fingerprint density at radius 1 is 1.50 bits per heavy atom. The monoisotopic (exact) mass is 303 g/mol. The third-order valence-corrected chi connectivity index (χ3v) is 5.15. The predicted molar refractivity (Wildman–Crippen MR) is 67.3 cm³/mol. The zero-order valence-corrected chi connectivity index (χ0v) is 11.6. The van der Waals surface area contributed by atoms with Gasteiger partial charge in [-0.15, -0.1) is 0 Å². The molecule has 6 nitrogen and oxygen atoms in total. The van der Waals surface area contributed by atoms with Gasteiger partial charge in [-0.1, -0.05) is 6.07 Å². The highest BCUT2D eigenvalue weighted by Crippen LogP contribution is 2.24. The second-order valence-electron chi connectivity index (χ2n) is 4.45. The van der Waals surface area contributed by atoms with Crippen LogP contribution in [0.1, 0.15) is 5.56 Å². The highest BCUT2D eigenvalue weighted by atomic mass is 32.2. The number of aryl methyl sites for hydroxylation is 1. The first-order valence-corrected chi connectivity index (χ1v) is 7.36. The third kappa shape index (κ3) is 2.67. The molecule has 0 spiro atoms. The van der Waals surface area contributed by atoms with Crippen molar-refractivity contribution in [3.05, 3.63) is 29.6 Å². The molecule has 110 valence electrons. The largest absolute Gasteiger partial charge is 0.480 e. The first kappa shape index (κ1) is 14.9. The van der Waals surface area contributed by atoms with E-state index in [9.17, 15) is 17.6 Å². The number of ether oxygens (including phenoxy) is 1. The Labute approximate surface area is 115 Å². The second kappa shape index (κ2) is 5.47. The van der Waals surface area contributed by atoms with E-state index in [2.05, 4.69) is 0 Å². The lowest BCUT2D eigenvalue weighted by atomic mass is 10.2. The number of nitrogens with zero attached hydrogens (tertiary/aromatic N) is 1. The highest BCUT2D eigenvalue weighted by Gasteiger charge is 2.39. The Morgan fingerprint density at radius 3 is 2.85 bits per heavy atom. The predicted octanol–water partition coefficient (Wildman–Crippen LogP) is 0.608. The molecule has 1 atom stereocenters. The number of carboxylic acid groups (broad SMARTS) is 1. The molecule has 1 N–H and O–H groups in total. The molecule has 1 fully saturated rings. The summed E-state index contributed by atoms with van der Waals surface area (Å²) in [6.07, 6.45) is 0. The number of aliphatic carboxylic acids is 1. The van der Waals surface area contributed by atoms with Crippen LogP contribution in [0.4, 0.5) is 4.39 Å². The topological polar surface area (TPSA) is 83.9 Å². The van der Waals surface area contributed by atoms with Gasteiger partial charge in [0.1, 0.15) is 11.9 Å². The van der Waals surface area contributed by atoms with Crippen LogP contribution < -0.4 is 0 Å². The van der Waals surface area contributed by atoms with Crippen molar-refractivity contribution in [1.82, 2.24) is 4.31 Å². The minimum atomic E-state index is -4.08. The molecule has 1 heterocycles. The second-order valence-corrected chi connectivity index (χ2v) is 6.31. The molecule has 1 aromatic carbocycles. The zero-order valence-electron chi connectivity index (χ0n) is 10.7. The Balaban J connectivity index is 2.47. The number of benzene rings is 1. The average molecular weight is 303 g/mol. The molecule has 8 heteroatoms. The molecule has 2 rings (SSSR count). The van der Waals surface area contributed by atoms with E-state index in [1.54, 1.807) is 0 Å². The summed E-state index contributed by atoms with van der Waals surface area (Å²) in [6, 6.07) is 2.11. The fraction of sp³-hybridized carbons (Fsp3) is 0.417. The quantitative estimate of drug-likeness (QED) is 0.884. The van der Waals surface area contributed by atoms with Crippen LogP contribution in [0.25, 0.3) is 0 Å². The van der Waals surface area contributed by atoms with Crippen molar-refractivity contribution in [2.75, 3.05) is 19.8 Å². The van der Waals surface area contributed by atoms with E-state index in [-0.39, 0.29) is 24.7 Å². The van der Waals surface area contributed by atoms with Crippen molar-refractivity contribution in [3.63, 3.8) is 0 Å². The molecule has 1 unspecified atom stereocenters. The van der Waals surface area contributed by atoms with Gasteiger partial charge in [-0.05, 0) is 24.6 Å².